The van der Waals surface area contributed by atoms with Crippen molar-refractivity contribution in [1.82, 2.24) is 10.2 Å². The van der Waals surface area contributed by atoms with Gasteiger partial charge in [0.2, 0.25) is 5.91 Å². The Morgan fingerprint density at radius 2 is 1.78 bits per heavy atom. The highest BCUT2D eigenvalue weighted by Crippen LogP contribution is 2.28. The van der Waals surface area contributed by atoms with Crippen LogP contribution in [0, 0.1) is 0 Å². The van der Waals surface area contributed by atoms with Crippen LogP contribution >= 0.6 is 0 Å². The monoisotopic (exact) mass is 388 g/mol. The standard InChI is InChI=1S/C18H23F3N2O4/c1-26-14-5-3-12(11-15(14)27-2)4-6-16(24)23-9-7-13(8-10-23)22-17(25)18(19,20)21/h3,5,11,13H,4,6-10H2,1-2H3,(H,22,25). The molecule has 0 spiro atoms. The molecule has 0 unspecified atom stereocenters. The quantitative estimate of drug-likeness (QED) is 0.812. The van der Waals surface area contributed by atoms with Crippen molar-refractivity contribution in [3.8, 4) is 11.5 Å². The predicted molar refractivity (Wildman–Crippen MR) is 91.7 cm³/mol. The Balaban J connectivity index is 1.80. The molecule has 0 atom stereocenters. The number of nitrogens with zero attached hydrogens (tertiary/aromatic N) is 1. The van der Waals surface area contributed by atoms with Crippen LogP contribution in [0.2, 0.25) is 0 Å². The first kappa shape index (κ1) is 20.9. The lowest BCUT2D eigenvalue weighted by atomic mass is 10.0. The number of hydrogen-bond acceptors (Lipinski definition) is 4. The van der Waals surface area contributed by atoms with E-state index < -0.39 is 18.1 Å². The van der Waals surface area contributed by atoms with E-state index in [9.17, 15) is 22.8 Å². The summed E-state index contributed by atoms with van der Waals surface area (Å²) in [4.78, 5) is 24.9. The zero-order valence-electron chi connectivity index (χ0n) is 15.3. The van der Waals surface area contributed by atoms with E-state index in [1.807, 2.05) is 17.4 Å². The molecule has 0 radical (unpaired) electrons. The Hall–Kier alpha value is -2.45. The van der Waals surface area contributed by atoms with Gasteiger partial charge in [0, 0.05) is 25.6 Å². The highest BCUT2D eigenvalue weighted by Gasteiger charge is 2.40. The number of rotatable bonds is 6. The number of carbonyl (C=O) groups is 2. The minimum atomic E-state index is -4.88. The number of ether oxygens (including phenoxy) is 2. The predicted octanol–water partition coefficient (Wildman–Crippen LogP) is 2.31. The number of aryl methyl sites for hydroxylation is 1. The van der Waals surface area contributed by atoms with Gasteiger partial charge in [0.1, 0.15) is 0 Å². The Kier molecular flexibility index (Phi) is 6.92. The molecule has 9 heteroatoms. The minimum Gasteiger partial charge on any atom is -0.493 e. The summed E-state index contributed by atoms with van der Waals surface area (Å²) in [6, 6.07) is 4.88. The highest BCUT2D eigenvalue weighted by atomic mass is 19.4. The van der Waals surface area contributed by atoms with Gasteiger partial charge in [-0.3, -0.25) is 9.59 Å². The van der Waals surface area contributed by atoms with E-state index in [4.69, 9.17) is 9.47 Å². The third kappa shape index (κ3) is 5.77. The maximum absolute atomic E-state index is 12.3. The largest absolute Gasteiger partial charge is 0.493 e. The highest BCUT2D eigenvalue weighted by molar-refractivity contribution is 5.82. The van der Waals surface area contributed by atoms with Crippen LogP contribution < -0.4 is 14.8 Å². The fourth-order valence-electron chi connectivity index (χ4n) is 2.99. The van der Waals surface area contributed by atoms with Crippen molar-refractivity contribution in [2.75, 3.05) is 27.3 Å². The van der Waals surface area contributed by atoms with E-state index in [2.05, 4.69) is 0 Å². The Labute approximate surface area is 155 Å². The molecule has 0 aromatic heterocycles. The van der Waals surface area contributed by atoms with E-state index in [1.165, 1.54) is 7.11 Å². The summed E-state index contributed by atoms with van der Waals surface area (Å²) in [5.41, 5.74) is 0.924. The lowest BCUT2D eigenvalue weighted by molar-refractivity contribution is -0.174. The Morgan fingerprint density at radius 1 is 1.15 bits per heavy atom. The van der Waals surface area contributed by atoms with E-state index in [-0.39, 0.29) is 12.3 Å². The summed E-state index contributed by atoms with van der Waals surface area (Å²) in [7, 11) is 3.08. The molecule has 2 rings (SSSR count). The Bertz CT molecular complexity index is 671. The second-order valence-electron chi connectivity index (χ2n) is 6.32. The molecule has 1 aromatic rings. The molecule has 1 aromatic carbocycles. The fourth-order valence-corrected chi connectivity index (χ4v) is 2.99. The summed E-state index contributed by atoms with van der Waals surface area (Å²) in [5.74, 6) is -0.801. The normalized spacial score (nSPS) is 15.4. The number of hydrogen-bond donors (Lipinski definition) is 1. The number of halogens is 3. The molecule has 1 heterocycles. The number of methoxy groups -OCH3 is 2. The van der Waals surface area contributed by atoms with E-state index in [0.29, 0.717) is 43.9 Å². The topological polar surface area (TPSA) is 67.9 Å². The van der Waals surface area contributed by atoms with Gasteiger partial charge in [-0.2, -0.15) is 13.2 Å². The first-order valence-corrected chi connectivity index (χ1v) is 8.61. The van der Waals surface area contributed by atoms with Crippen LogP contribution in [-0.4, -0.2) is 56.2 Å². The van der Waals surface area contributed by atoms with Gasteiger partial charge >= 0.3 is 12.1 Å². The third-order valence-electron chi connectivity index (χ3n) is 4.52. The minimum absolute atomic E-state index is 0.0645. The van der Waals surface area contributed by atoms with Crippen molar-refractivity contribution in [2.45, 2.75) is 37.9 Å². The van der Waals surface area contributed by atoms with Gasteiger partial charge < -0.3 is 19.7 Å². The van der Waals surface area contributed by atoms with E-state index >= 15 is 0 Å². The summed E-state index contributed by atoms with van der Waals surface area (Å²) in [6.45, 7) is 0.654. The summed E-state index contributed by atoms with van der Waals surface area (Å²) < 4.78 is 47.2. The van der Waals surface area contributed by atoms with Gasteiger partial charge in [-0.25, -0.2) is 0 Å². The van der Waals surface area contributed by atoms with Gasteiger partial charge in [0.05, 0.1) is 14.2 Å². The SMILES string of the molecule is COc1ccc(CCC(=O)N2CCC(NC(=O)C(F)(F)F)CC2)cc1OC. The van der Waals surface area contributed by atoms with Gasteiger partial charge in [0.15, 0.2) is 11.5 Å². The van der Waals surface area contributed by atoms with Gasteiger partial charge in [-0.15, -0.1) is 0 Å². The average Bonchev–Trinajstić information content (AvgIpc) is 2.65. The molecule has 1 fully saturated rings. The van der Waals surface area contributed by atoms with Gasteiger partial charge in [0.25, 0.3) is 0 Å². The van der Waals surface area contributed by atoms with Crippen molar-refractivity contribution in [2.24, 2.45) is 0 Å². The number of nitrogens with one attached hydrogen (secondary N) is 1. The third-order valence-corrected chi connectivity index (χ3v) is 4.52. The molecular weight excluding hydrogens is 365 g/mol. The maximum atomic E-state index is 12.3. The second kappa shape index (κ2) is 8.96. The number of likely N-dealkylation sites (tertiary alicyclic amines) is 1. The molecule has 27 heavy (non-hydrogen) atoms. The first-order valence-electron chi connectivity index (χ1n) is 8.61. The van der Waals surface area contributed by atoms with Crippen molar-refractivity contribution in [3.05, 3.63) is 23.8 Å². The fraction of sp³-hybridized carbons (Fsp3) is 0.556. The number of amides is 2. The second-order valence-corrected chi connectivity index (χ2v) is 6.32. The lowest BCUT2D eigenvalue weighted by Gasteiger charge is -2.32. The first-order chi connectivity index (χ1) is 12.7. The van der Waals surface area contributed by atoms with Gasteiger partial charge in [-0.05, 0) is 37.0 Å². The maximum Gasteiger partial charge on any atom is 0.471 e. The van der Waals surface area contributed by atoms with Crippen LogP contribution in [0.1, 0.15) is 24.8 Å². The molecule has 1 aliphatic heterocycles. The molecule has 2 amide bonds. The van der Waals surface area contributed by atoms with Crippen LogP contribution in [0.3, 0.4) is 0 Å². The van der Waals surface area contributed by atoms with Crippen LogP contribution in [0.25, 0.3) is 0 Å². The molecule has 6 nitrogen and oxygen atoms in total. The van der Waals surface area contributed by atoms with Crippen LogP contribution in [0.4, 0.5) is 13.2 Å². The number of benzene rings is 1. The molecular formula is C18H23F3N2O4. The Morgan fingerprint density at radius 3 is 2.33 bits per heavy atom. The zero-order valence-corrected chi connectivity index (χ0v) is 15.3. The molecule has 1 saturated heterocycles. The number of carbonyl (C=O) groups excluding carboxylic acids is 2. The summed E-state index contributed by atoms with van der Waals surface area (Å²) >= 11 is 0. The average molecular weight is 388 g/mol. The molecule has 0 aliphatic carbocycles. The van der Waals surface area contributed by atoms with Crippen molar-refractivity contribution >= 4 is 11.8 Å². The molecule has 150 valence electrons. The van der Waals surface area contributed by atoms with Crippen molar-refractivity contribution < 1.29 is 32.2 Å². The van der Waals surface area contributed by atoms with Gasteiger partial charge in [-0.1, -0.05) is 6.07 Å². The molecule has 1 aliphatic rings. The van der Waals surface area contributed by atoms with Crippen LogP contribution in [0.5, 0.6) is 11.5 Å². The van der Waals surface area contributed by atoms with Crippen LogP contribution in [-0.2, 0) is 16.0 Å². The van der Waals surface area contributed by atoms with Crippen molar-refractivity contribution in [1.29, 1.82) is 0 Å². The molecule has 0 saturated carbocycles. The van der Waals surface area contributed by atoms with Crippen LogP contribution in [0.15, 0.2) is 18.2 Å². The number of piperidine rings is 1. The summed E-state index contributed by atoms with van der Waals surface area (Å²) in [5, 5.41) is 1.97. The smallest absolute Gasteiger partial charge is 0.471 e. The molecule has 1 N–H and O–H groups in total. The van der Waals surface area contributed by atoms with Crippen molar-refractivity contribution in [3.63, 3.8) is 0 Å². The van der Waals surface area contributed by atoms with E-state index in [1.54, 1.807) is 18.1 Å². The lowest BCUT2D eigenvalue weighted by Crippen LogP contribution is -2.49. The zero-order chi connectivity index (χ0) is 20.0. The van der Waals surface area contributed by atoms with E-state index in [0.717, 1.165) is 5.56 Å². The summed E-state index contributed by atoms with van der Waals surface area (Å²) in [6.07, 6.45) is -3.46. The molecule has 0 bridgehead atoms. The number of alkyl halides is 3.